The first-order valence-electron chi connectivity index (χ1n) is 5.45. The molecule has 2 N–H and O–H groups in total. The number of imidazole rings is 1. The molecular weight excluding hydrogens is 230 g/mol. The van der Waals surface area contributed by atoms with Crippen molar-refractivity contribution in [1.29, 1.82) is 0 Å². The lowest BCUT2D eigenvalue weighted by Gasteiger charge is -2.03. The van der Waals surface area contributed by atoms with Gasteiger partial charge in [-0.25, -0.2) is 4.98 Å². The van der Waals surface area contributed by atoms with Gasteiger partial charge in [-0.05, 0) is 18.2 Å². The van der Waals surface area contributed by atoms with Crippen molar-refractivity contribution in [3.8, 4) is 22.9 Å². The number of hydrogen-bond donors (Lipinski definition) is 2. The molecular formula is C13H11N3O2. The fourth-order valence-electron chi connectivity index (χ4n) is 1.86. The van der Waals surface area contributed by atoms with Crippen LogP contribution in [0.2, 0.25) is 0 Å². The standard InChI is InChI=1S/C13H11N3O2/c1-18-12-7-14-5-4-9(12)13-15-10-3-2-8(17)6-11(10)16-13/h2-7,17H,1H3,(H,15,16). The highest BCUT2D eigenvalue weighted by atomic mass is 16.5. The van der Waals surface area contributed by atoms with Crippen molar-refractivity contribution in [3.63, 3.8) is 0 Å². The normalized spacial score (nSPS) is 10.7. The van der Waals surface area contributed by atoms with Crippen LogP contribution in [0.3, 0.4) is 0 Å². The van der Waals surface area contributed by atoms with Gasteiger partial charge >= 0.3 is 0 Å². The number of fused-ring (bicyclic) bond motifs is 1. The van der Waals surface area contributed by atoms with Crippen LogP contribution in [0.1, 0.15) is 0 Å². The molecule has 0 fully saturated rings. The fourth-order valence-corrected chi connectivity index (χ4v) is 1.86. The number of methoxy groups -OCH3 is 1. The number of phenolic OH excluding ortho intramolecular Hbond substituents is 1. The van der Waals surface area contributed by atoms with E-state index in [4.69, 9.17) is 4.74 Å². The Morgan fingerprint density at radius 3 is 3.00 bits per heavy atom. The summed E-state index contributed by atoms with van der Waals surface area (Å²) >= 11 is 0. The number of benzene rings is 1. The lowest BCUT2D eigenvalue weighted by Crippen LogP contribution is -1.89. The predicted octanol–water partition coefficient (Wildman–Crippen LogP) is 2.34. The fraction of sp³-hybridized carbons (Fsp3) is 0.0769. The molecule has 0 aliphatic rings. The van der Waals surface area contributed by atoms with Gasteiger partial charge in [0.2, 0.25) is 0 Å². The molecule has 5 heteroatoms. The number of ether oxygens (including phenoxy) is 1. The minimum atomic E-state index is 0.208. The molecule has 0 bridgehead atoms. The summed E-state index contributed by atoms with van der Waals surface area (Å²) < 4.78 is 5.25. The first-order chi connectivity index (χ1) is 8.78. The molecule has 18 heavy (non-hydrogen) atoms. The number of aromatic nitrogens is 3. The molecule has 0 atom stereocenters. The number of aromatic hydroxyl groups is 1. The van der Waals surface area contributed by atoms with Crippen molar-refractivity contribution >= 4 is 11.0 Å². The van der Waals surface area contributed by atoms with Gasteiger partial charge in [0.05, 0.1) is 29.9 Å². The molecule has 0 radical (unpaired) electrons. The summed E-state index contributed by atoms with van der Waals surface area (Å²) in [4.78, 5) is 11.6. The lowest BCUT2D eigenvalue weighted by atomic mass is 10.2. The van der Waals surface area contributed by atoms with Crippen LogP contribution < -0.4 is 4.74 Å². The van der Waals surface area contributed by atoms with Crippen molar-refractivity contribution in [2.75, 3.05) is 7.11 Å². The van der Waals surface area contributed by atoms with Crippen LogP contribution in [-0.4, -0.2) is 27.2 Å². The Morgan fingerprint density at radius 1 is 1.28 bits per heavy atom. The van der Waals surface area contributed by atoms with Gasteiger partial charge in [0, 0.05) is 12.3 Å². The van der Waals surface area contributed by atoms with Gasteiger partial charge in [-0.15, -0.1) is 0 Å². The summed E-state index contributed by atoms with van der Waals surface area (Å²) in [5.74, 6) is 1.55. The number of nitrogens with one attached hydrogen (secondary N) is 1. The molecule has 0 spiro atoms. The molecule has 90 valence electrons. The Kier molecular flexibility index (Phi) is 2.37. The summed E-state index contributed by atoms with van der Waals surface area (Å²) in [5.41, 5.74) is 2.41. The molecule has 2 heterocycles. The molecule has 0 amide bonds. The van der Waals surface area contributed by atoms with E-state index in [2.05, 4.69) is 15.0 Å². The van der Waals surface area contributed by atoms with Gasteiger partial charge < -0.3 is 14.8 Å². The van der Waals surface area contributed by atoms with E-state index in [1.165, 1.54) is 0 Å². The first-order valence-corrected chi connectivity index (χ1v) is 5.45. The smallest absolute Gasteiger partial charge is 0.148 e. The van der Waals surface area contributed by atoms with Gasteiger partial charge in [-0.3, -0.25) is 4.98 Å². The van der Waals surface area contributed by atoms with Crippen molar-refractivity contribution in [3.05, 3.63) is 36.7 Å². The van der Waals surface area contributed by atoms with Gasteiger partial charge in [0.1, 0.15) is 17.3 Å². The second-order valence-electron chi connectivity index (χ2n) is 3.86. The van der Waals surface area contributed by atoms with E-state index >= 15 is 0 Å². The maximum absolute atomic E-state index is 9.43. The summed E-state index contributed by atoms with van der Waals surface area (Å²) in [6.45, 7) is 0. The Morgan fingerprint density at radius 2 is 2.17 bits per heavy atom. The number of hydrogen-bond acceptors (Lipinski definition) is 4. The van der Waals surface area contributed by atoms with Gasteiger partial charge in [-0.2, -0.15) is 0 Å². The molecule has 5 nitrogen and oxygen atoms in total. The second-order valence-corrected chi connectivity index (χ2v) is 3.86. The first kappa shape index (κ1) is 10.6. The Labute approximate surface area is 103 Å². The zero-order valence-electron chi connectivity index (χ0n) is 9.71. The quantitative estimate of drug-likeness (QED) is 0.722. The molecule has 0 unspecified atom stereocenters. The van der Waals surface area contributed by atoms with E-state index in [1.807, 2.05) is 6.07 Å². The van der Waals surface area contributed by atoms with Crippen LogP contribution in [-0.2, 0) is 0 Å². The maximum atomic E-state index is 9.43. The average molecular weight is 241 g/mol. The van der Waals surface area contributed by atoms with Crippen LogP contribution in [0.25, 0.3) is 22.4 Å². The topological polar surface area (TPSA) is 71.0 Å². The molecule has 2 aromatic heterocycles. The number of H-pyrrole nitrogens is 1. The van der Waals surface area contributed by atoms with Gasteiger partial charge in [0.25, 0.3) is 0 Å². The van der Waals surface area contributed by atoms with Gasteiger partial charge in [0.15, 0.2) is 0 Å². The summed E-state index contributed by atoms with van der Waals surface area (Å²) in [6.07, 6.45) is 3.32. The summed E-state index contributed by atoms with van der Waals surface area (Å²) in [6, 6.07) is 6.84. The largest absolute Gasteiger partial charge is 0.508 e. The van der Waals surface area contributed by atoms with E-state index in [0.717, 1.165) is 16.6 Å². The molecule has 0 saturated carbocycles. The van der Waals surface area contributed by atoms with Crippen molar-refractivity contribution < 1.29 is 9.84 Å². The van der Waals surface area contributed by atoms with Gasteiger partial charge in [-0.1, -0.05) is 0 Å². The number of pyridine rings is 1. The summed E-state index contributed by atoms with van der Waals surface area (Å²) in [5, 5.41) is 9.43. The zero-order valence-corrected chi connectivity index (χ0v) is 9.71. The number of phenols is 1. The third-order valence-electron chi connectivity index (χ3n) is 2.73. The maximum Gasteiger partial charge on any atom is 0.148 e. The summed E-state index contributed by atoms with van der Waals surface area (Å²) in [7, 11) is 1.59. The van der Waals surface area contributed by atoms with Crippen LogP contribution >= 0.6 is 0 Å². The van der Waals surface area contributed by atoms with Crippen LogP contribution in [0.5, 0.6) is 11.5 Å². The second kappa shape index (κ2) is 4.03. The number of rotatable bonds is 2. The highest BCUT2D eigenvalue weighted by molar-refractivity contribution is 5.81. The third kappa shape index (κ3) is 1.66. The van der Waals surface area contributed by atoms with E-state index in [-0.39, 0.29) is 5.75 Å². The number of nitrogens with zero attached hydrogens (tertiary/aromatic N) is 2. The number of aromatic amines is 1. The van der Waals surface area contributed by atoms with Crippen molar-refractivity contribution in [2.24, 2.45) is 0 Å². The lowest BCUT2D eigenvalue weighted by molar-refractivity contribution is 0.414. The molecule has 3 aromatic rings. The molecule has 0 aliphatic heterocycles. The minimum Gasteiger partial charge on any atom is -0.508 e. The van der Waals surface area contributed by atoms with E-state index < -0.39 is 0 Å². The minimum absolute atomic E-state index is 0.208. The molecule has 1 aromatic carbocycles. The van der Waals surface area contributed by atoms with E-state index in [0.29, 0.717) is 11.6 Å². The third-order valence-corrected chi connectivity index (χ3v) is 2.73. The van der Waals surface area contributed by atoms with Crippen LogP contribution in [0, 0.1) is 0 Å². The Bertz CT molecular complexity index is 706. The highest BCUT2D eigenvalue weighted by Crippen LogP contribution is 2.28. The molecule has 0 saturated heterocycles. The predicted molar refractivity (Wildman–Crippen MR) is 67.5 cm³/mol. The Hall–Kier alpha value is -2.56. The van der Waals surface area contributed by atoms with E-state index in [9.17, 15) is 5.11 Å². The monoisotopic (exact) mass is 241 g/mol. The van der Waals surface area contributed by atoms with Crippen molar-refractivity contribution in [1.82, 2.24) is 15.0 Å². The molecule has 3 rings (SSSR count). The SMILES string of the molecule is COc1cnccc1-c1nc2ccc(O)cc2[nH]1. The average Bonchev–Trinajstić information content (AvgIpc) is 2.81. The zero-order chi connectivity index (χ0) is 12.5. The molecule has 0 aliphatic carbocycles. The van der Waals surface area contributed by atoms with Crippen LogP contribution in [0.4, 0.5) is 0 Å². The Balaban J connectivity index is 2.19. The van der Waals surface area contributed by atoms with E-state index in [1.54, 1.807) is 37.7 Å². The highest BCUT2D eigenvalue weighted by Gasteiger charge is 2.10. The van der Waals surface area contributed by atoms with Crippen molar-refractivity contribution in [2.45, 2.75) is 0 Å². The van der Waals surface area contributed by atoms with Crippen LogP contribution in [0.15, 0.2) is 36.7 Å².